The number of pyridine rings is 1. The molecule has 1 saturated heterocycles. The molecule has 5 rings (SSSR count). The number of aromatic nitrogens is 2. The lowest BCUT2D eigenvalue weighted by atomic mass is 10.0. The maximum absolute atomic E-state index is 14.0. The van der Waals surface area contributed by atoms with Gasteiger partial charge in [0.2, 0.25) is 0 Å². The van der Waals surface area contributed by atoms with E-state index in [0.717, 1.165) is 47.4 Å². The van der Waals surface area contributed by atoms with Crippen LogP contribution < -0.4 is 10.1 Å². The highest BCUT2D eigenvalue weighted by atomic mass is 32.1. The first-order chi connectivity index (χ1) is 17.1. The molecule has 4 aromatic rings. The Morgan fingerprint density at radius 3 is 2.74 bits per heavy atom. The van der Waals surface area contributed by atoms with Crippen LogP contribution in [0.1, 0.15) is 39.8 Å². The first-order valence-corrected chi connectivity index (χ1v) is 12.7. The van der Waals surface area contributed by atoms with Gasteiger partial charge in [-0.05, 0) is 50.1 Å². The van der Waals surface area contributed by atoms with Crippen LogP contribution in [0.15, 0.2) is 66.3 Å². The number of aryl methyl sites for hydroxylation is 1. The molecule has 3 heterocycles. The van der Waals surface area contributed by atoms with E-state index in [9.17, 15) is 9.18 Å². The highest BCUT2D eigenvalue weighted by molar-refractivity contribution is 7.09. The average molecular weight is 491 g/mol. The number of para-hydroxylation sites is 1. The molecule has 1 aliphatic heterocycles. The standard InChI is InChI=1S/C27H27FN4O2S/c1-18-26(35-17-31-18)24(16-30-27(33)21-6-4-9-23-20(21)7-5-13-29-23)32-14-11-19(12-15-32)34-25-10-3-2-8-22(25)28/h2-10,13,17,19,24H,11-12,14-16H2,1H3,(H,30,33). The molecular weight excluding hydrogens is 463 g/mol. The molecule has 180 valence electrons. The summed E-state index contributed by atoms with van der Waals surface area (Å²) < 4.78 is 19.9. The average Bonchev–Trinajstić information content (AvgIpc) is 3.31. The lowest BCUT2D eigenvalue weighted by Crippen LogP contribution is -2.44. The number of carbonyl (C=O) groups excluding carboxylic acids is 1. The molecule has 1 fully saturated rings. The van der Waals surface area contributed by atoms with Crippen molar-refractivity contribution in [2.45, 2.75) is 31.9 Å². The van der Waals surface area contributed by atoms with E-state index in [2.05, 4.69) is 20.2 Å². The van der Waals surface area contributed by atoms with Gasteiger partial charge in [-0.25, -0.2) is 9.37 Å². The quantitative estimate of drug-likeness (QED) is 0.388. The van der Waals surface area contributed by atoms with E-state index in [1.54, 1.807) is 35.7 Å². The van der Waals surface area contributed by atoms with Gasteiger partial charge in [-0.2, -0.15) is 0 Å². The van der Waals surface area contributed by atoms with Crippen molar-refractivity contribution in [3.63, 3.8) is 0 Å². The van der Waals surface area contributed by atoms with E-state index in [4.69, 9.17) is 4.74 Å². The summed E-state index contributed by atoms with van der Waals surface area (Å²) >= 11 is 1.61. The SMILES string of the molecule is Cc1ncsc1C(CNC(=O)c1cccc2ncccc12)N1CCC(Oc2ccccc2F)CC1. The Labute approximate surface area is 207 Å². The molecule has 1 unspecified atom stereocenters. The predicted octanol–water partition coefficient (Wildman–Crippen LogP) is 5.15. The Morgan fingerprint density at radius 2 is 1.97 bits per heavy atom. The maximum atomic E-state index is 14.0. The van der Waals surface area contributed by atoms with Crippen LogP contribution in [0.2, 0.25) is 0 Å². The zero-order chi connectivity index (χ0) is 24.2. The number of nitrogens with zero attached hydrogens (tertiary/aromatic N) is 3. The lowest BCUT2D eigenvalue weighted by molar-refractivity contribution is 0.0701. The number of carbonyl (C=O) groups is 1. The molecule has 1 amide bonds. The Morgan fingerprint density at radius 1 is 1.14 bits per heavy atom. The van der Waals surface area contributed by atoms with Crippen LogP contribution in [-0.2, 0) is 0 Å². The third kappa shape index (κ3) is 5.18. The van der Waals surface area contributed by atoms with E-state index < -0.39 is 0 Å². The topological polar surface area (TPSA) is 67.4 Å². The van der Waals surface area contributed by atoms with E-state index in [0.29, 0.717) is 17.9 Å². The summed E-state index contributed by atoms with van der Waals surface area (Å²) in [7, 11) is 0. The first kappa shape index (κ1) is 23.4. The number of thiazole rings is 1. The van der Waals surface area contributed by atoms with E-state index in [1.165, 1.54) is 6.07 Å². The molecule has 1 atom stereocenters. The third-order valence-electron chi connectivity index (χ3n) is 6.48. The van der Waals surface area contributed by atoms with Crippen molar-refractivity contribution in [1.82, 2.24) is 20.2 Å². The van der Waals surface area contributed by atoms with Crippen LogP contribution in [0.5, 0.6) is 5.75 Å². The molecule has 2 aromatic heterocycles. The van der Waals surface area contributed by atoms with Gasteiger partial charge < -0.3 is 10.1 Å². The summed E-state index contributed by atoms with van der Waals surface area (Å²) in [6.07, 6.45) is 3.26. The van der Waals surface area contributed by atoms with Crippen molar-refractivity contribution >= 4 is 28.1 Å². The number of amides is 1. The largest absolute Gasteiger partial charge is 0.487 e. The molecule has 0 saturated carbocycles. The predicted molar refractivity (Wildman–Crippen MR) is 135 cm³/mol. The van der Waals surface area contributed by atoms with Gasteiger partial charge in [-0.1, -0.05) is 24.3 Å². The van der Waals surface area contributed by atoms with Crippen LogP contribution in [-0.4, -0.2) is 46.5 Å². The summed E-state index contributed by atoms with van der Waals surface area (Å²) in [5, 5.41) is 3.99. The third-order valence-corrected chi connectivity index (χ3v) is 7.51. The molecule has 8 heteroatoms. The minimum Gasteiger partial charge on any atom is -0.487 e. The first-order valence-electron chi connectivity index (χ1n) is 11.8. The van der Waals surface area contributed by atoms with Crippen molar-refractivity contribution in [2.75, 3.05) is 19.6 Å². The molecular formula is C27H27FN4O2S. The summed E-state index contributed by atoms with van der Waals surface area (Å²) in [5.41, 5.74) is 4.25. The lowest BCUT2D eigenvalue weighted by Gasteiger charge is -2.37. The fourth-order valence-electron chi connectivity index (χ4n) is 4.63. The summed E-state index contributed by atoms with van der Waals surface area (Å²) in [4.78, 5) is 25.5. The molecule has 0 radical (unpaired) electrons. The molecule has 1 aliphatic rings. The summed E-state index contributed by atoms with van der Waals surface area (Å²) in [5.74, 6) is -0.148. The number of hydrogen-bond donors (Lipinski definition) is 1. The number of fused-ring (bicyclic) bond motifs is 1. The second kappa shape index (κ2) is 10.5. The Balaban J connectivity index is 1.28. The van der Waals surface area contributed by atoms with E-state index in [-0.39, 0.29) is 23.9 Å². The van der Waals surface area contributed by atoms with Gasteiger partial charge in [-0.15, -0.1) is 11.3 Å². The number of ether oxygens (including phenoxy) is 1. The van der Waals surface area contributed by atoms with E-state index >= 15 is 0 Å². The molecule has 0 spiro atoms. The smallest absolute Gasteiger partial charge is 0.252 e. The highest BCUT2D eigenvalue weighted by Crippen LogP contribution is 2.31. The van der Waals surface area contributed by atoms with Crippen molar-refractivity contribution < 1.29 is 13.9 Å². The molecule has 6 nitrogen and oxygen atoms in total. The minimum atomic E-state index is -0.334. The van der Waals surface area contributed by atoms with Crippen LogP contribution >= 0.6 is 11.3 Å². The van der Waals surface area contributed by atoms with Crippen molar-refractivity contribution in [3.05, 3.63) is 88.3 Å². The van der Waals surface area contributed by atoms with Crippen molar-refractivity contribution in [1.29, 1.82) is 0 Å². The molecule has 2 aromatic carbocycles. The number of halogens is 1. The van der Waals surface area contributed by atoms with Crippen LogP contribution in [0.4, 0.5) is 4.39 Å². The molecule has 1 N–H and O–H groups in total. The molecule has 35 heavy (non-hydrogen) atoms. The van der Waals surface area contributed by atoms with Gasteiger partial charge >= 0.3 is 0 Å². The molecule has 0 aliphatic carbocycles. The fraction of sp³-hybridized carbons (Fsp3) is 0.296. The zero-order valence-electron chi connectivity index (χ0n) is 19.5. The van der Waals surface area contributed by atoms with Gasteiger partial charge in [0, 0.05) is 41.7 Å². The fourth-order valence-corrected chi connectivity index (χ4v) is 5.57. The number of piperidine rings is 1. The van der Waals surface area contributed by atoms with Crippen molar-refractivity contribution in [3.8, 4) is 5.75 Å². The van der Waals surface area contributed by atoms with Gasteiger partial charge in [0.1, 0.15) is 6.10 Å². The van der Waals surface area contributed by atoms with Crippen LogP contribution in [0, 0.1) is 12.7 Å². The normalized spacial score (nSPS) is 15.7. The van der Waals surface area contributed by atoms with Crippen LogP contribution in [0.3, 0.4) is 0 Å². The number of likely N-dealkylation sites (tertiary alicyclic amines) is 1. The Kier molecular flexibility index (Phi) is 7.01. The van der Waals surface area contributed by atoms with Gasteiger partial charge in [0.05, 0.1) is 22.8 Å². The zero-order valence-corrected chi connectivity index (χ0v) is 20.3. The Hall–Kier alpha value is -3.36. The minimum absolute atomic E-state index is 0.00830. The van der Waals surface area contributed by atoms with Gasteiger partial charge in [0.25, 0.3) is 5.91 Å². The maximum Gasteiger partial charge on any atom is 0.252 e. The highest BCUT2D eigenvalue weighted by Gasteiger charge is 2.30. The number of nitrogens with one attached hydrogen (secondary N) is 1. The van der Waals surface area contributed by atoms with Crippen LogP contribution in [0.25, 0.3) is 10.9 Å². The van der Waals surface area contributed by atoms with Crippen molar-refractivity contribution in [2.24, 2.45) is 0 Å². The summed E-state index contributed by atoms with van der Waals surface area (Å²) in [6.45, 7) is 4.05. The summed E-state index contributed by atoms with van der Waals surface area (Å²) in [6, 6.07) is 15.9. The van der Waals surface area contributed by atoms with E-state index in [1.807, 2.05) is 42.8 Å². The number of rotatable bonds is 7. The number of hydrogen-bond acceptors (Lipinski definition) is 6. The second-order valence-corrected chi connectivity index (χ2v) is 9.57. The van der Waals surface area contributed by atoms with Gasteiger partial charge in [0.15, 0.2) is 11.6 Å². The Bertz CT molecular complexity index is 1310. The van der Waals surface area contributed by atoms with Gasteiger partial charge in [-0.3, -0.25) is 14.7 Å². The monoisotopic (exact) mass is 490 g/mol. The molecule has 0 bridgehead atoms. The second-order valence-electron chi connectivity index (χ2n) is 8.69. The number of benzene rings is 2.